The van der Waals surface area contributed by atoms with Gasteiger partial charge in [0.1, 0.15) is 5.84 Å². The zero-order valence-corrected chi connectivity index (χ0v) is 16.2. The maximum absolute atomic E-state index is 12.3. The second kappa shape index (κ2) is 5.82. The highest BCUT2D eigenvalue weighted by Crippen LogP contribution is 2.51. The lowest BCUT2D eigenvalue weighted by Crippen LogP contribution is -2.51. The van der Waals surface area contributed by atoms with Crippen molar-refractivity contribution in [2.45, 2.75) is 43.5 Å². The van der Waals surface area contributed by atoms with E-state index in [9.17, 15) is 5.11 Å². The van der Waals surface area contributed by atoms with Gasteiger partial charge < -0.3 is 10.0 Å². The Morgan fingerprint density at radius 3 is 2.61 bits per heavy atom. The number of rotatable bonds is 1. The molecule has 3 aromatic carbocycles. The molecule has 0 amide bonds. The molecule has 0 aromatic heterocycles. The summed E-state index contributed by atoms with van der Waals surface area (Å²) in [7, 11) is 0. The molecule has 28 heavy (non-hydrogen) atoms. The van der Waals surface area contributed by atoms with Gasteiger partial charge in [0, 0.05) is 21.7 Å². The minimum absolute atomic E-state index is 0.246. The van der Waals surface area contributed by atoms with Gasteiger partial charge in [-0.1, -0.05) is 73.0 Å². The van der Waals surface area contributed by atoms with Crippen LogP contribution in [0.5, 0.6) is 0 Å². The normalized spacial score (nSPS) is 28.1. The predicted octanol–water partition coefficient (Wildman–Crippen LogP) is 5.07. The van der Waals surface area contributed by atoms with Crippen LogP contribution in [0.1, 0.15) is 42.4 Å². The molecule has 1 N–H and O–H groups in total. The van der Waals surface area contributed by atoms with Crippen LogP contribution in [0, 0.1) is 0 Å². The summed E-state index contributed by atoms with van der Waals surface area (Å²) in [6.45, 7) is 0. The Hall–Kier alpha value is -2.36. The summed E-state index contributed by atoms with van der Waals surface area (Å²) < 4.78 is 0. The smallest absolute Gasteiger partial charge is 0.193 e. The Morgan fingerprint density at radius 1 is 0.964 bits per heavy atom. The Bertz CT molecular complexity index is 1120. The van der Waals surface area contributed by atoms with Crippen LogP contribution >= 0.6 is 11.6 Å². The van der Waals surface area contributed by atoms with Crippen molar-refractivity contribution in [2.75, 3.05) is 0 Å². The highest BCUT2D eigenvalue weighted by molar-refractivity contribution is 6.30. The first-order valence-electron chi connectivity index (χ1n) is 10.1. The molecular weight excluding hydrogens is 368 g/mol. The molecule has 0 saturated heterocycles. The summed E-state index contributed by atoms with van der Waals surface area (Å²) in [4.78, 5) is 7.36. The minimum Gasteiger partial charge on any atom is -0.363 e. The van der Waals surface area contributed by atoms with Gasteiger partial charge in [-0.15, -0.1) is 0 Å². The Kier molecular flexibility index (Phi) is 3.45. The van der Waals surface area contributed by atoms with E-state index >= 15 is 0 Å². The zero-order chi connectivity index (χ0) is 18.9. The monoisotopic (exact) mass is 388 g/mol. The topological polar surface area (TPSA) is 35.8 Å². The van der Waals surface area contributed by atoms with Gasteiger partial charge in [-0.3, -0.25) is 4.99 Å². The maximum atomic E-state index is 12.3. The van der Waals surface area contributed by atoms with Crippen molar-refractivity contribution in [2.24, 2.45) is 4.99 Å². The number of nitrogens with zero attached hydrogens (tertiary/aromatic N) is 2. The highest BCUT2D eigenvalue weighted by atomic mass is 35.5. The van der Waals surface area contributed by atoms with Crippen LogP contribution in [0.2, 0.25) is 5.02 Å². The van der Waals surface area contributed by atoms with Crippen LogP contribution in [0.4, 0.5) is 0 Å². The zero-order valence-electron chi connectivity index (χ0n) is 15.5. The molecule has 3 nitrogen and oxygen atoms in total. The molecule has 1 unspecified atom stereocenters. The molecule has 2 heterocycles. The van der Waals surface area contributed by atoms with Gasteiger partial charge in [0.25, 0.3) is 0 Å². The first kappa shape index (κ1) is 16.6. The molecule has 3 aliphatic rings. The van der Waals surface area contributed by atoms with Crippen molar-refractivity contribution in [3.63, 3.8) is 0 Å². The van der Waals surface area contributed by atoms with Crippen molar-refractivity contribution in [3.05, 3.63) is 82.4 Å². The van der Waals surface area contributed by atoms with E-state index in [4.69, 9.17) is 16.6 Å². The van der Waals surface area contributed by atoms with E-state index in [0.29, 0.717) is 5.02 Å². The standard InChI is InChI=1S/C24H21ClN2O/c25-17-12-10-16(11-13-17)24(28)19-14-9-15-5-1-2-6-18(15)22(19)23-26-20-7-3-4-8-21(20)27(23)24/h1-2,5-6,9-14,20-21,28H,3-4,7-8H2/t20-,21-,24?/m0/s1. The summed E-state index contributed by atoms with van der Waals surface area (Å²) >= 11 is 6.15. The molecule has 1 saturated carbocycles. The molecular formula is C24H21ClN2O. The summed E-state index contributed by atoms with van der Waals surface area (Å²) in [5.74, 6) is 0.959. The first-order chi connectivity index (χ1) is 13.7. The van der Waals surface area contributed by atoms with Crippen LogP contribution in [0.15, 0.2) is 65.7 Å². The van der Waals surface area contributed by atoms with Crippen molar-refractivity contribution in [1.82, 2.24) is 4.90 Å². The second-order valence-electron chi connectivity index (χ2n) is 8.13. The van der Waals surface area contributed by atoms with Crippen LogP contribution in [-0.4, -0.2) is 27.9 Å². The Balaban J connectivity index is 1.67. The van der Waals surface area contributed by atoms with Crippen molar-refractivity contribution >= 4 is 28.2 Å². The third-order valence-corrected chi connectivity index (χ3v) is 6.92. The third-order valence-electron chi connectivity index (χ3n) is 6.67. The van der Waals surface area contributed by atoms with E-state index in [2.05, 4.69) is 41.3 Å². The van der Waals surface area contributed by atoms with Crippen LogP contribution in [0.3, 0.4) is 0 Å². The third kappa shape index (κ3) is 2.06. The lowest BCUT2D eigenvalue weighted by molar-refractivity contribution is -0.0532. The fraction of sp³-hybridized carbons (Fsp3) is 0.292. The van der Waals surface area contributed by atoms with Crippen molar-refractivity contribution < 1.29 is 5.11 Å². The number of benzene rings is 3. The van der Waals surface area contributed by atoms with E-state index in [0.717, 1.165) is 40.8 Å². The number of hydrogen-bond acceptors (Lipinski definition) is 3. The van der Waals surface area contributed by atoms with E-state index in [1.807, 2.05) is 24.3 Å². The van der Waals surface area contributed by atoms with Crippen LogP contribution < -0.4 is 0 Å². The second-order valence-corrected chi connectivity index (χ2v) is 8.57. The van der Waals surface area contributed by atoms with Gasteiger partial charge in [0.2, 0.25) is 0 Å². The average molecular weight is 389 g/mol. The van der Waals surface area contributed by atoms with Crippen LogP contribution in [0.25, 0.3) is 10.8 Å². The molecule has 140 valence electrons. The molecule has 3 aromatic rings. The van der Waals surface area contributed by atoms with Crippen molar-refractivity contribution in [3.8, 4) is 0 Å². The molecule has 0 spiro atoms. The van der Waals surface area contributed by atoms with Gasteiger partial charge in [-0.2, -0.15) is 0 Å². The largest absolute Gasteiger partial charge is 0.363 e. The number of amidine groups is 1. The fourth-order valence-electron chi connectivity index (χ4n) is 5.41. The Labute approximate surface area is 169 Å². The van der Waals surface area contributed by atoms with Gasteiger partial charge >= 0.3 is 0 Å². The number of fused-ring (bicyclic) bond motifs is 7. The number of aliphatic hydroxyl groups is 1. The van der Waals surface area contributed by atoms with Crippen LogP contribution in [-0.2, 0) is 5.72 Å². The molecule has 1 aliphatic carbocycles. The number of hydrogen-bond donors (Lipinski definition) is 1. The summed E-state index contributed by atoms with van der Waals surface area (Å²) in [5, 5.41) is 15.3. The molecule has 3 atom stereocenters. The van der Waals surface area contributed by atoms with Crippen molar-refractivity contribution in [1.29, 1.82) is 0 Å². The van der Waals surface area contributed by atoms with E-state index in [-0.39, 0.29) is 12.1 Å². The SMILES string of the molecule is OC1(c2ccc(Cl)cc2)c2ccc3ccccc3c2C2=N[C@H]3CCCC[C@@H]3N21. The van der Waals surface area contributed by atoms with Gasteiger partial charge in [0.05, 0.1) is 12.1 Å². The summed E-state index contributed by atoms with van der Waals surface area (Å²) in [6.07, 6.45) is 4.57. The fourth-order valence-corrected chi connectivity index (χ4v) is 5.53. The number of halogens is 1. The van der Waals surface area contributed by atoms with E-state index in [1.54, 1.807) is 0 Å². The minimum atomic E-state index is -1.21. The molecule has 0 radical (unpaired) electrons. The average Bonchev–Trinajstić information content (AvgIpc) is 3.23. The van der Waals surface area contributed by atoms with Gasteiger partial charge in [-0.05, 0) is 35.7 Å². The Morgan fingerprint density at radius 2 is 1.75 bits per heavy atom. The lowest BCUT2D eigenvalue weighted by atomic mass is 9.86. The summed E-state index contributed by atoms with van der Waals surface area (Å²) in [6, 6.07) is 20.7. The molecule has 0 bridgehead atoms. The quantitative estimate of drug-likeness (QED) is 0.631. The first-order valence-corrected chi connectivity index (χ1v) is 10.4. The molecule has 4 heteroatoms. The number of aliphatic imine (C=N–C) groups is 1. The van der Waals surface area contributed by atoms with E-state index < -0.39 is 5.72 Å². The maximum Gasteiger partial charge on any atom is 0.193 e. The predicted molar refractivity (Wildman–Crippen MR) is 113 cm³/mol. The summed E-state index contributed by atoms with van der Waals surface area (Å²) in [5.41, 5.74) is 1.66. The van der Waals surface area contributed by atoms with Gasteiger partial charge in [-0.25, -0.2) is 0 Å². The lowest BCUT2D eigenvalue weighted by Gasteiger charge is -2.41. The molecule has 2 aliphatic heterocycles. The highest BCUT2D eigenvalue weighted by Gasteiger charge is 2.56. The van der Waals surface area contributed by atoms with Gasteiger partial charge in [0.15, 0.2) is 5.72 Å². The molecule has 1 fully saturated rings. The van der Waals surface area contributed by atoms with E-state index in [1.165, 1.54) is 18.2 Å². The molecule has 6 rings (SSSR count).